The van der Waals surface area contributed by atoms with Crippen molar-refractivity contribution in [2.45, 2.75) is 38.2 Å². The largest absolute Gasteiger partial charge is 0.490 e. The van der Waals surface area contributed by atoms with E-state index in [-0.39, 0.29) is 24.5 Å². The minimum atomic E-state index is -0.336. The summed E-state index contributed by atoms with van der Waals surface area (Å²) in [4.78, 5) is 31.9. The third-order valence-electron chi connectivity index (χ3n) is 5.77. The molecule has 174 valence electrons. The van der Waals surface area contributed by atoms with Crippen LogP contribution in [0.1, 0.15) is 37.7 Å². The minimum absolute atomic E-state index is 0.155. The molecule has 0 unspecified atom stereocenters. The quantitative estimate of drug-likeness (QED) is 0.332. The number of para-hydroxylation sites is 2. The predicted molar refractivity (Wildman–Crippen MR) is 142 cm³/mol. The minimum Gasteiger partial charge on any atom is -0.490 e. The van der Waals surface area contributed by atoms with Gasteiger partial charge in [0.05, 0.1) is 21.2 Å². The molecule has 6 nitrogen and oxygen atoms in total. The SMILES string of the molecule is O=C(CN1C(=O)/C(=C/c2ccccc2OC2CCCCC2)SC1=S)Nc1nc2ccccc2s1. The number of aromatic nitrogens is 1. The highest BCUT2D eigenvalue weighted by atomic mass is 32.2. The lowest BCUT2D eigenvalue weighted by Gasteiger charge is -2.23. The van der Waals surface area contributed by atoms with Crippen molar-refractivity contribution in [3.8, 4) is 5.75 Å². The van der Waals surface area contributed by atoms with E-state index in [1.54, 1.807) is 0 Å². The molecule has 0 bridgehead atoms. The van der Waals surface area contributed by atoms with Gasteiger partial charge in [-0.15, -0.1) is 0 Å². The van der Waals surface area contributed by atoms with Crippen LogP contribution in [-0.2, 0) is 9.59 Å². The Bertz CT molecular complexity index is 1250. The summed E-state index contributed by atoms with van der Waals surface area (Å²) in [5.74, 6) is 0.160. The molecule has 0 radical (unpaired) electrons. The van der Waals surface area contributed by atoms with Crippen molar-refractivity contribution in [1.82, 2.24) is 9.88 Å². The van der Waals surface area contributed by atoms with Crippen LogP contribution >= 0.6 is 35.3 Å². The lowest BCUT2D eigenvalue weighted by molar-refractivity contribution is -0.126. The molecular formula is C25H23N3O3S3. The van der Waals surface area contributed by atoms with Crippen LogP contribution in [0.15, 0.2) is 53.4 Å². The van der Waals surface area contributed by atoms with Crippen LogP contribution in [0, 0.1) is 0 Å². The van der Waals surface area contributed by atoms with Crippen LogP contribution in [0.2, 0.25) is 0 Å². The zero-order chi connectivity index (χ0) is 23.5. The fourth-order valence-electron chi connectivity index (χ4n) is 4.08. The summed E-state index contributed by atoms with van der Waals surface area (Å²) in [7, 11) is 0. The van der Waals surface area contributed by atoms with Gasteiger partial charge in [-0.05, 0) is 50.0 Å². The van der Waals surface area contributed by atoms with E-state index in [1.165, 1.54) is 47.3 Å². The molecular weight excluding hydrogens is 486 g/mol. The maximum absolute atomic E-state index is 13.1. The number of amides is 2. The summed E-state index contributed by atoms with van der Waals surface area (Å²) < 4.78 is 7.61. The van der Waals surface area contributed by atoms with Gasteiger partial charge in [0.15, 0.2) is 5.13 Å². The molecule has 1 aliphatic carbocycles. The molecule has 9 heteroatoms. The number of carbonyl (C=O) groups is 2. The van der Waals surface area contributed by atoms with Crippen molar-refractivity contribution < 1.29 is 14.3 Å². The topological polar surface area (TPSA) is 71.5 Å². The lowest BCUT2D eigenvalue weighted by atomic mass is 9.97. The molecule has 5 rings (SSSR count). The van der Waals surface area contributed by atoms with Gasteiger partial charge in [0.2, 0.25) is 5.91 Å². The molecule has 1 saturated carbocycles. The van der Waals surface area contributed by atoms with Crippen molar-refractivity contribution in [2.24, 2.45) is 0 Å². The fraction of sp³-hybridized carbons (Fsp3) is 0.280. The van der Waals surface area contributed by atoms with E-state index in [0.29, 0.717) is 14.4 Å². The highest BCUT2D eigenvalue weighted by molar-refractivity contribution is 8.26. The average Bonchev–Trinajstić information content (AvgIpc) is 3.36. The number of rotatable bonds is 6. The van der Waals surface area contributed by atoms with Gasteiger partial charge in [0, 0.05) is 5.56 Å². The molecule has 1 saturated heterocycles. The smallest absolute Gasteiger partial charge is 0.266 e. The number of anilines is 1. The van der Waals surface area contributed by atoms with Gasteiger partial charge in [0.25, 0.3) is 5.91 Å². The molecule has 2 amide bonds. The average molecular weight is 510 g/mol. The Morgan fingerprint density at radius 2 is 1.91 bits per heavy atom. The van der Waals surface area contributed by atoms with Crippen molar-refractivity contribution >= 4 is 72.9 Å². The Hall–Kier alpha value is -2.75. The number of carbonyl (C=O) groups excluding carboxylic acids is 2. The van der Waals surface area contributed by atoms with Gasteiger partial charge in [-0.25, -0.2) is 4.98 Å². The van der Waals surface area contributed by atoms with E-state index in [4.69, 9.17) is 17.0 Å². The number of hydrogen-bond acceptors (Lipinski definition) is 7. The molecule has 0 atom stereocenters. The number of thiazole rings is 1. The van der Waals surface area contributed by atoms with Crippen LogP contribution in [0.4, 0.5) is 5.13 Å². The van der Waals surface area contributed by atoms with Gasteiger partial charge in [0.1, 0.15) is 16.6 Å². The van der Waals surface area contributed by atoms with Crippen molar-refractivity contribution in [1.29, 1.82) is 0 Å². The second kappa shape index (κ2) is 10.2. The Labute approximate surface area is 211 Å². The zero-order valence-electron chi connectivity index (χ0n) is 18.4. The first-order valence-corrected chi connectivity index (χ1v) is 13.3. The molecule has 1 aliphatic heterocycles. The van der Waals surface area contributed by atoms with Crippen LogP contribution in [0.3, 0.4) is 0 Å². The summed E-state index contributed by atoms with van der Waals surface area (Å²) in [6, 6.07) is 15.4. The van der Waals surface area contributed by atoms with Crippen LogP contribution in [-0.4, -0.2) is 38.7 Å². The number of ether oxygens (including phenoxy) is 1. The van der Waals surface area contributed by atoms with Gasteiger partial charge in [-0.2, -0.15) is 0 Å². The summed E-state index contributed by atoms with van der Waals surface area (Å²) in [5.41, 5.74) is 1.66. The van der Waals surface area contributed by atoms with E-state index in [0.717, 1.165) is 34.4 Å². The zero-order valence-corrected chi connectivity index (χ0v) is 20.8. The molecule has 1 N–H and O–H groups in total. The number of nitrogens with one attached hydrogen (secondary N) is 1. The van der Waals surface area contributed by atoms with Gasteiger partial charge >= 0.3 is 0 Å². The Balaban J connectivity index is 1.27. The van der Waals surface area contributed by atoms with Crippen LogP contribution in [0.25, 0.3) is 16.3 Å². The first-order valence-electron chi connectivity index (χ1n) is 11.2. The Kier molecular flexibility index (Phi) is 6.94. The molecule has 2 aliphatic rings. The second-order valence-electron chi connectivity index (χ2n) is 8.22. The first kappa shape index (κ1) is 23.0. The Morgan fingerprint density at radius 1 is 1.15 bits per heavy atom. The maximum atomic E-state index is 13.1. The number of nitrogens with zero attached hydrogens (tertiary/aromatic N) is 2. The summed E-state index contributed by atoms with van der Waals surface area (Å²) in [6.45, 7) is -0.155. The van der Waals surface area contributed by atoms with Crippen molar-refractivity contribution in [3.63, 3.8) is 0 Å². The normalized spacial score (nSPS) is 18.1. The number of hydrogen-bond donors (Lipinski definition) is 1. The summed E-state index contributed by atoms with van der Waals surface area (Å²) >= 11 is 8.01. The molecule has 3 aromatic rings. The Morgan fingerprint density at radius 3 is 2.74 bits per heavy atom. The van der Waals surface area contributed by atoms with E-state index in [1.807, 2.05) is 54.6 Å². The van der Waals surface area contributed by atoms with Gasteiger partial charge in [-0.1, -0.05) is 72.1 Å². The second-order valence-corrected chi connectivity index (χ2v) is 10.9. The molecule has 2 fully saturated rings. The van der Waals surface area contributed by atoms with Crippen molar-refractivity contribution in [3.05, 3.63) is 59.0 Å². The monoisotopic (exact) mass is 509 g/mol. The third kappa shape index (κ3) is 5.16. The van der Waals surface area contributed by atoms with E-state index in [9.17, 15) is 9.59 Å². The fourth-order valence-corrected chi connectivity index (χ4v) is 6.20. The van der Waals surface area contributed by atoms with Gasteiger partial charge < -0.3 is 10.1 Å². The van der Waals surface area contributed by atoms with Crippen molar-refractivity contribution in [2.75, 3.05) is 11.9 Å². The highest BCUT2D eigenvalue weighted by Crippen LogP contribution is 2.35. The van der Waals surface area contributed by atoms with E-state index in [2.05, 4.69) is 10.3 Å². The van der Waals surface area contributed by atoms with E-state index < -0.39 is 0 Å². The van der Waals surface area contributed by atoms with Gasteiger partial charge in [-0.3, -0.25) is 14.5 Å². The molecule has 2 heterocycles. The van der Waals surface area contributed by atoms with Crippen LogP contribution in [0.5, 0.6) is 5.75 Å². The number of thioether (sulfide) groups is 1. The van der Waals surface area contributed by atoms with Crippen LogP contribution < -0.4 is 10.1 Å². The molecule has 1 aromatic heterocycles. The summed E-state index contributed by atoms with van der Waals surface area (Å²) in [5, 5.41) is 3.29. The summed E-state index contributed by atoms with van der Waals surface area (Å²) in [6.07, 6.45) is 7.76. The maximum Gasteiger partial charge on any atom is 0.266 e. The molecule has 34 heavy (non-hydrogen) atoms. The number of benzene rings is 2. The number of thiocarbonyl (C=S) groups is 1. The van der Waals surface area contributed by atoms with E-state index >= 15 is 0 Å². The standard InChI is InChI=1S/C25H23N3O3S3/c29-22(27-24-26-18-11-5-7-13-20(18)33-24)15-28-23(30)21(34-25(28)32)14-16-8-4-6-12-19(16)31-17-9-2-1-3-10-17/h4-8,11-14,17H,1-3,9-10,15H2,(H,26,27,29)/b21-14-. The highest BCUT2D eigenvalue weighted by Gasteiger charge is 2.33. The molecule has 2 aromatic carbocycles. The molecule has 0 spiro atoms. The third-order valence-corrected chi connectivity index (χ3v) is 8.10. The number of fused-ring (bicyclic) bond motifs is 1. The first-order chi connectivity index (χ1) is 16.6. The predicted octanol–water partition coefficient (Wildman–Crippen LogP) is 5.85. The lowest BCUT2D eigenvalue weighted by Crippen LogP contribution is -2.36.